The van der Waals surface area contributed by atoms with Crippen molar-refractivity contribution in [3.8, 4) is 0 Å². The highest BCUT2D eigenvalue weighted by Gasteiger charge is 2.29. The molecule has 2 rings (SSSR count). The zero-order valence-electron chi connectivity index (χ0n) is 12.1. The number of amides is 1. The highest BCUT2D eigenvalue weighted by atomic mass is 79.9. The van der Waals surface area contributed by atoms with Crippen LogP contribution in [0.3, 0.4) is 0 Å². The lowest BCUT2D eigenvalue weighted by Gasteiger charge is -2.42. The Bertz CT molecular complexity index is 505. The van der Waals surface area contributed by atoms with Crippen LogP contribution in [-0.4, -0.2) is 47.4 Å². The Morgan fingerprint density at radius 3 is 2.35 bits per heavy atom. The minimum atomic E-state index is -0.476. The van der Waals surface area contributed by atoms with Crippen molar-refractivity contribution in [2.24, 2.45) is 0 Å². The third-order valence-electron chi connectivity index (χ3n) is 3.70. The fourth-order valence-electron chi connectivity index (χ4n) is 2.42. The first-order chi connectivity index (χ1) is 9.30. The lowest BCUT2D eigenvalue weighted by Crippen LogP contribution is -2.54. The van der Waals surface area contributed by atoms with E-state index in [-0.39, 0.29) is 17.0 Å². The van der Waals surface area contributed by atoms with Gasteiger partial charge in [0, 0.05) is 31.7 Å². The third-order valence-corrected chi connectivity index (χ3v) is 4.31. The standard InChI is InChI=1S/C15H20BrFN2O/c1-15(2,3)19-9-7-18(8-10-19)14(20)11-5-4-6-12(16)13(11)17/h4-6H,7-10H2,1-3H3. The van der Waals surface area contributed by atoms with E-state index >= 15 is 0 Å². The van der Waals surface area contributed by atoms with Gasteiger partial charge in [-0.3, -0.25) is 9.69 Å². The molecule has 1 amide bonds. The number of piperazine rings is 1. The molecule has 3 nitrogen and oxygen atoms in total. The fraction of sp³-hybridized carbons (Fsp3) is 0.533. The van der Waals surface area contributed by atoms with Crippen LogP contribution >= 0.6 is 15.9 Å². The van der Waals surface area contributed by atoms with Crippen LogP contribution in [0.2, 0.25) is 0 Å². The summed E-state index contributed by atoms with van der Waals surface area (Å²) in [6, 6.07) is 4.83. The summed E-state index contributed by atoms with van der Waals surface area (Å²) in [6.07, 6.45) is 0. The van der Waals surface area contributed by atoms with E-state index in [1.807, 2.05) is 0 Å². The van der Waals surface area contributed by atoms with Crippen molar-refractivity contribution in [2.45, 2.75) is 26.3 Å². The third kappa shape index (κ3) is 3.20. The van der Waals surface area contributed by atoms with Crippen LogP contribution in [0.15, 0.2) is 22.7 Å². The van der Waals surface area contributed by atoms with Crippen molar-refractivity contribution in [1.82, 2.24) is 9.80 Å². The monoisotopic (exact) mass is 342 g/mol. The molecular formula is C15H20BrFN2O. The topological polar surface area (TPSA) is 23.6 Å². The number of halogens is 2. The minimum Gasteiger partial charge on any atom is -0.336 e. The van der Waals surface area contributed by atoms with Gasteiger partial charge in [-0.05, 0) is 48.8 Å². The number of nitrogens with zero attached hydrogens (tertiary/aromatic N) is 2. The van der Waals surface area contributed by atoms with E-state index in [1.54, 1.807) is 23.1 Å². The molecule has 110 valence electrons. The summed E-state index contributed by atoms with van der Waals surface area (Å²) in [7, 11) is 0. The Balaban J connectivity index is 2.07. The maximum Gasteiger partial charge on any atom is 0.256 e. The summed E-state index contributed by atoms with van der Waals surface area (Å²) in [5, 5.41) is 0. The Hall–Kier alpha value is -0.940. The van der Waals surface area contributed by atoms with Gasteiger partial charge in [0.2, 0.25) is 0 Å². The SMILES string of the molecule is CC(C)(C)N1CCN(C(=O)c2cccc(Br)c2F)CC1. The highest BCUT2D eigenvalue weighted by Crippen LogP contribution is 2.21. The van der Waals surface area contributed by atoms with Crippen LogP contribution in [0.25, 0.3) is 0 Å². The lowest BCUT2D eigenvalue weighted by atomic mass is 10.0. The molecule has 1 heterocycles. The molecule has 0 aliphatic carbocycles. The van der Waals surface area contributed by atoms with E-state index in [2.05, 4.69) is 41.6 Å². The van der Waals surface area contributed by atoms with Gasteiger partial charge < -0.3 is 4.90 Å². The van der Waals surface area contributed by atoms with Crippen LogP contribution in [0.4, 0.5) is 4.39 Å². The second-order valence-corrected chi connectivity index (χ2v) is 6.91. The lowest BCUT2D eigenvalue weighted by molar-refractivity contribution is 0.0447. The molecule has 1 saturated heterocycles. The van der Waals surface area contributed by atoms with E-state index in [0.29, 0.717) is 17.6 Å². The van der Waals surface area contributed by atoms with E-state index in [9.17, 15) is 9.18 Å². The first-order valence-electron chi connectivity index (χ1n) is 6.79. The van der Waals surface area contributed by atoms with Gasteiger partial charge in [-0.2, -0.15) is 0 Å². The maximum atomic E-state index is 14.0. The molecule has 1 fully saturated rings. The number of hydrogen-bond donors (Lipinski definition) is 0. The summed E-state index contributed by atoms with van der Waals surface area (Å²) >= 11 is 3.12. The Kier molecular flexibility index (Phi) is 4.49. The first-order valence-corrected chi connectivity index (χ1v) is 7.58. The summed E-state index contributed by atoms with van der Waals surface area (Å²) < 4.78 is 14.3. The van der Waals surface area contributed by atoms with Gasteiger partial charge in [-0.1, -0.05) is 6.07 Å². The van der Waals surface area contributed by atoms with E-state index < -0.39 is 5.82 Å². The molecule has 0 unspecified atom stereocenters. The van der Waals surface area contributed by atoms with Crippen LogP contribution in [0.5, 0.6) is 0 Å². The molecule has 0 atom stereocenters. The van der Waals surface area contributed by atoms with Gasteiger partial charge in [0.25, 0.3) is 5.91 Å². The van der Waals surface area contributed by atoms with E-state index in [4.69, 9.17) is 0 Å². The summed E-state index contributed by atoms with van der Waals surface area (Å²) in [6.45, 7) is 9.43. The molecule has 0 radical (unpaired) electrons. The van der Waals surface area contributed by atoms with Crippen LogP contribution in [0, 0.1) is 5.82 Å². The smallest absolute Gasteiger partial charge is 0.256 e. The average Bonchev–Trinajstić information content (AvgIpc) is 2.40. The van der Waals surface area contributed by atoms with Gasteiger partial charge in [-0.15, -0.1) is 0 Å². The summed E-state index contributed by atoms with van der Waals surface area (Å²) in [5.74, 6) is -0.701. The van der Waals surface area contributed by atoms with Gasteiger partial charge in [0.05, 0.1) is 10.0 Å². The molecule has 1 aliphatic rings. The van der Waals surface area contributed by atoms with Crippen LogP contribution < -0.4 is 0 Å². The number of carbonyl (C=O) groups is 1. The van der Waals surface area contributed by atoms with Crippen LogP contribution in [0.1, 0.15) is 31.1 Å². The fourth-order valence-corrected chi connectivity index (χ4v) is 2.79. The van der Waals surface area contributed by atoms with Crippen LogP contribution in [-0.2, 0) is 0 Å². The number of carbonyl (C=O) groups excluding carboxylic acids is 1. The first kappa shape index (κ1) is 15.4. The van der Waals surface area contributed by atoms with Crippen molar-refractivity contribution < 1.29 is 9.18 Å². The molecule has 1 aromatic carbocycles. The predicted molar refractivity (Wildman–Crippen MR) is 81.3 cm³/mol. The zero-order chi connectivity index (χ0) is 14.9. The molecular weight excluding hydrogens is 323 g/mol. The molecule has 0 saturated carbocycles. The Morgan fingerprint density at radius 1 is 1.20 bits per heavy atom. The number of benzene rings is 1. The quantitative estimate of drug-likeness (QED) is 0.782. The highest BCUT2D eigenvalue weighted by molar-refractivity contribution is 9.10. The number of rotatable bonds is 1. The van der Waals surface area contributed by atoms with E-state index in [1.165, 1.54) is 0 Å². The number of hydrogen-bond acceptors (Lipinski definition) is 2. The van der Waals surface area contributed by atoms with Crippen molar-refractivity contribution in [3.05, 3.63) is 34.1 Å². The summed E-state index contributed by atoms with van der Waals surface area (Å²) in [4.78, 5) is 16.4. The van der Waals surface area contributed by atoms with Crippen molar-refractivity contribution in [1.29, 1.82) is 0 Å². The molecule has 20 heavy (non-hydrogen) atoms. The van der Waals surface area contributed by atoms with Crippen molar-refractivity contribution in [3.63, 3.8) is 0 Å². The van der Waals surface area contributed by atoms with Gasteiger partial charge in [0.15, 0.2) is 0 Å². The largest absolute Gasteiger partial charge is 0.336 e. The van der Waals surface area contributed by atoms with Gasteiger partial charge >= 0.3 is 0 Å². The predicted octanol–water partition coefficient (Wildman–Crippen LogP) is 3.14. The summed E-state index contributed by atoms with van der Waals surface area (Å²) in [5.41, 5.74) is 0.250. The maximum absolute atomic E-state index is 14.0. The second-order valence-electron chi connectivity index (χ2n) is 6.05. The molecule has 0 bridgehead atoms. The van der Waals surface area contributed by atoms with Gasteiger partial charge in [0.1, 0.15) is 5.82 Å². The normalized spacial score (nSPS) is 17.4. The molecule has 0 aromatic heterocycles. The molecule has 5 heteroatoms. The molecule has 1 aromatic rings. The Labute approximate surface area is 127 Å². The minimum absolute atomic E-state index is 0.107. The molecule has 0 N–H and O–H groups in total. The Morgan fingerprint density at radius 2 is 1.80 bits per heavy atom. The molecule has 0 spiro atoms. The second kappa shape index (κ2) is 5.82. The van der Waals surface area contributed by atoms with Gasteiger partial charge in [-0.25, -0.2) is 4.39 Å². The van der Waals surface area contributed by atoms with E-state index in [0.717, 1.165) is 13.1 Å². The zero-order valence-corrected chi connectivity index (χ0v) is 13.7. The van der Waals surface area contributed by atoms with Crippen molar-refractivity contribution in [2.75, 3.05) is 26.2 Å². The average molecular weight is 343 g/mol. The van der Waals surface area contributed by atoms with Crippen molar-refractivity contribution >= 4 is 21.8 Å². The molecule has 1 aliphatic heterocycles.